The van der Waals surface area contributed by atoms with Crippen LogP contribution in [0.4, 0.5) is 0 Å². The fourth-order valence-electron chi connectivity index (χ4n) is 2.29. The Balaban J connectivity index is 1.92. The van der Waals surface area contributed by atoms with E-state index in [4.69, 9.17) is 0 Å². The summed E-state index contributed by atoms with van der Waals surface area (Å²) in [4.78, 5) is 2.50. The van der Waals surface area contributed by atoms with Gasteiger partial charge in [0.1, 0.15) is 6.10 Å². The minimum Gasteiger partial charge on any atom is -0.381 e. The first kappa shape index (κ1) is 12.3. The molecule has 3 heterocycles. The zero-order valence-corrected chi connectivity index (χ0v) is 11.9. The van der Waals surface area contributed by atoms with Crippen molar-refractivity contribution in [2.45, 2.75) is 31.7 Å². The van der Waals surface area contributed by atoms with Gasteiger partial charge in [0.05, 0.1) is 5.69 Å². The van der Waals surface area contributed by atoms with Crippen LogP contribution in [0.2, 0.25) is 0 Å². The van der Waals surface area contributed by atoms with Crippen LogP contribution in [0.3, 0.4) is 0 Å². The highest BCUT2D eigenvalue weighted by atomic mass is 32.2. The van der Waals surface area contributed by atoms with Crippen molar-refractivity contribution >= 4 is 23.1 Å². The maximum Gasteiger partial charge on any atom is 0.130 e. The Hall–Kier alpha value is -0.780. The Kier molecular flexibility index (Phi) is 3.46. The first-order chi connectivity index (χ1) is 8.79. The SMILES string of the molecule is CCn1nccc1C(O)c1cc2c(s1)CCSC2. The number of aromatic nitrogens is 2. The number of thiophene rings is 1. The van der Waals surface area contributed by atoms with E-state index in [0.717, 1.165) is 29.3 Å². The molecule has 1 N–H and O–H groups in total. The molecular formula is C13H16N2OS2. The Morgan fingerprint density at radius 1 is 1.56 bits per heavy atom. The minimum absolute atomic E-state index is 0.534. The second kappa shape index (κ2) is 5.07. The van der Waals surface area contributed by atoms with E-state index in [1.165, 1.54) is 16.2 Å². The van der Waals surface area contributed by atoms with E-state index in [1.54, 1.807) is 17.5 Å². The summed E-state index contributed by atoms with van der Waals surface area (Å²) in [6.45, 7) is 2.83. The van der Waals surface area contributed by atoms with Gasteiger partial charge in [-0.1, -0.05) is 0 Å². The van der Waals surface area contributed by atoms with Crippen LogP contribution in [0.15, 0.2) is 18.3 Å². The molecular weight excluding hydrogens is 264 g/mol. The fraction of sp³-hybridized carbons (Fsp3) is 0.462. The summed E-state index contributed by atoms with van der Waals surface area (Å²) in [6.07, 6.45) is 2.36. The lowest BCUT2D eigenvalue weighted by Crippen LogP contribution is -2.07. The average molecular weight is 280 g/mol. The molecule has 1 aliphatic rings. The van der Waals surface area contributed by atoms with Crippen molar-refractivity contribution in [3.8, 4) is 0 Å². The van der Waals surface area contributed by atoms with Gasteiger partial charge < -0.3 is 5.11 Å². The summed E-state index contributed by atoms with van der Waals surface area (Å²) in [5.74, 6) is 2.29. The van der Waals surface area contributed by atoms with Crippen LogP contribution >= 0.6 is 23.1 Å². The number of fused-ring (bicyclic) bond motifs is 1. The lowest BCUT2D eigenvalue weighted by Gasteiger charge is -2.10. The molecule has 2 aromatic rings. The Morgan fingerprint density at radius 3 is 3.22 bits per heavy atom. The highest BCUT2D eigenvalue weighted by Crippen LogP contribution is 2.36. The van der Waals surface area contributed by atoms with E-state index in [-0.39, 0.29) is 0 Å². The number of aryl methyl sites for hydroxylation is 2. The number of aliphatic hydroxyl groups is 1. The van der Waals surface area contributed by atoms with Gasteiger partial charge in [0.2, 0.25) is 0 Å². The third kappa shape index (κ3) is 2.11. The number of rotatable bonds is 3. The standard InChI is InChI=1S/C13H16N2OS2/c1-2-15-10(3-5-14-15)13(16)12-7-9-8-17-6-4-11(9)18-12/h3,5,7,13,16H,2,4,6,8H2,1H3. The van der Waals surface area contributed by atoms with Gasteiger partial charge in [-0.2, -0.15) is 16.9 Å². The highest BCUT2D eigenvalue weighted by molar-refractivity contribution is 7.98. The summed E-state index contributed by atoms with van der Waals surface area (Å²) in [5.41, 5.74) is 2.30. The average Bonchev–Trinajstić information content (AvgIpc) is 3.03. The van der Waals surface area contributed by atoms with Crippen molar-refractivity contribution in [1.82, 2.24) is 9.78 Å². The van der Waals surface area contributed by atoms with Crippen molar-refractivity contribution in [3.05, 3.63) is 39.3 Å². The summed E-state index contributed by atoms with van der Waals surface area (Å²) < 4.78 is 1.86. The van der Waals surface area contributed by atoms with E-state index in [9.17, 15) is 5.11 Å². The maximum absolute atomic E-state index is 10.5. The quantitative estimate of drug-likeness (QED) is 0.939. The second-order valence-corrected chi connectivity index (χ2v) is 6.65. The number of hydrogen-bond donors (Lipinski definition) is 1. The van der Waals surface area contributed by atoms with Crippen molar-refractivity contribution < 1.29 is 5.11 Å². The van der Waals surface area contributed by atoms with E-state index in [1.807, 2.05) is 29.4 Å². The van der Waals surface area contributed by atoms with Crippen molar-refractivity contribution in [2.24, 2.45) is 0 Å². The predicted molar refractivity (Wildman–Crippen MR) is 76.1 cm³/mol. The number of thioether (sulfide) groups is 1. The lowest BCUT2D eigenvalue weighted by molar-refractivity contribution is 0.211. The fourth-order valence-corrected chi connectivity index (χ4v) is 4.67. The van der Waals surface area contributed by atoms with Gasteiger partial charge in [-0.3, -0.25) is 4.68 Å². The van der Waals surface area contributed by atoms with E-state index < -0.39 is 6.10 Å². The lowest BCUT2D eigenvalue weighted by atomic mass is 10.1. The van der Waals surface area contributed by atoms with Crippen molar-refractivity contribution in [1.29, 1.82) is 0 Å². The molecule has 1 atom stereocenters. The highest BCUT2D eigenvalue weighted by Gasteiger charge is 2.21. The molecule has 0 amide bonds. The summed E-state index contributed by atoms with van der Waals surface area (Å²) >= 11 is 3.73. The van der Waals surface area contributed by atoms with Crippen molar-refractivity contribution in [2.75, 3.05) is 5.75 Å². The van der Waals surface area contributed by atoms with E-state index >= 15 is 0 Å². The summed E-state index contributed by atoms with van der Waals surface area (Å²) in [7, 11) is 0. The van der Waals surface area contributed by atoms with Crippen LogP contribution < -0.4 is 0 Å². The molecule has 18 heavy (non-hydrogen) atoms. The van der Waals surface area contributed by atoms with Gasteiger partial charge in [0, 0.05) is 28.2 Å². The molecule has 0 saturated carbocycles. The van der Waals surface area contributed by atoms with Crippen LogP contribution in [0.25, 0.3) is 0 Å². The summed E-state index contributed by atoms with van der Waals surface area (Å²) in [5, 5.41) is 14.7. The Bertz CT molecular complexity index is 523. The normalized spacial score (nSPS) is 16.6. The topological polar surface area (TPSA) is 38.0 Å². The summed E-state index contributed by atoms with van der Waals surface area (Å²) in [6, 6.07) is 4.07. The second-order valence-electron chi connectivity index (χ2n) is 4.37. The molecule has 1 aliphatic heterocycles. The molecule has 1 unspecified atom stereocenters. The van der Waals surface area contributed by atoms with Gasteiger partial charge in [0.25, 0.3) is 0 Å². The van der Waals surface area contributed by atoms with Gasteiger partial charge >= 0.3 is 0 Å². The first-order valence-corrected chi connectivity index (χ1v) is 8.15. The molecule has 3 rings (SSSR count). The maximum atomic E-state index is 10.5. The largest absolute Gasteiger partial charge is 0.381 e. The number of aliphatic hydroxyl groups excluding tert-OH is 1. The van der Waals surface area contributed by atoms with Gasteiger partial charge in [-0.15, -0.1) is 11.3 Å². The van der Waals surface area contributed by atoms with Crippen LogP contribution in [-0.2, 0) is 18.7 Å². The monoisotopic (exact) mass is 280 g/mol. The van der Waals surface area contributed by atoms with Crippen LogP contribution in [0.1, 0.15) is 34.0 Å². The van der Waals surface area contributed by atoms with Crippen LogP contribution in [0.5, 0.6) is 0 Å². The van der Waals surface area contributed by atoms with Gasteiger partial charge in [0.15, 0.2) is 0 Å². The molecule has 0 aliphatic carbocycles. The van der Waals surface area contributed by atoms with E-state index in [2.05, 4.69) is 11.2 Å². The molecule has 0 saturated heterocycles. The van der Waals surface area contributed by atoms with Crippen molar-refractivity contribution in [3.63, 3.8) is 0 Å². The zero-order chi connectivity index (χ0) is 12.5. The number of nitrogens with zero attached hydrogens (tertiary/aromatic N) is 2. The molecule has 3 nitrogen and oxygen atoms in total. The molecule has 2 aromatic heterocycles. The van der Waals surface area contributed by atoms with Gasteiger partial charge in [-0.05, 0) is 36.8 Å². The first-order valence-electron chi connectivity index (χ1n) is 6.18. The van der Waals surface area contributed by atoms with Crippen LogP contribution in [-0.4, -0.2) is 20.6 Å². The molecule has 5 heteroatoms. The third-order valence-electron chi connectivity index (χ3n) is 3.25. The molecule has 0 aromatic carbocycles. The minimum atomic E-state index is -0.534. The Labute approximate surface area is 115 Å². The molecule has 0 fully saturated rings. The number of hydrogen-bond acceptors (Lipinski definition) is 4. The zero-order valence-electron chi connectivity index (χ0n) is 10.3. The Morgan fingerprint density at radius 2 is 2.44 bits per heavy atom. The predicted octanol–water partition coefficient (Wildman–Crippen LogP) is 2.84. The van der Waals surface area contributed by atoms with E-state index in [0.29, 0.717) is 0 Å². The third-order valence-corrected chi connectivity index (χ3v) is 5.54. The molecule has 96 valence electrons. The molecule has 0 radical (unpaired) electrons. The van der Waals surface area contributed by atoms with Gasteiger partial charge in [-0.25, -0.2) is 0 Å². The molecule has 0 bridgehead atoms. The molecule has 0 spiro atoms. The smallest absolute Gasteiger partial charge is 0.130 e. The van der Waals surface area contributed by atoms with Crippen LogP contribution in [0, 0.1) is 0 Å².